The van der Waals surface area contributed by atoms with Crippen LogP contribution in [0.4, 0.5) is 5.69 Å². The molecule has 0 aliphatic heterocycles. The van der Waals surface area contributed by atoms with Crippen LogP contribution in [0.15, 0.2) is 83.8 Å². The van der Waals surface area contributed by atoms with Gasteiger partial charge in [-0.2, -0.15) is 0 Å². The van der Waals surface area contributed by atoms with E-state index in [1.807, 2.05) is 38.1 Å². The lowest BCUT2D eigenvalue weighted by Crippen LogP contribution is -2.53. The number of sulfonamides is 1. The van der Waals surface area contributed by atoms with Gasteiger partial charge in [-0.15, -0.1) is 0 Å². The molecule has 1 unspecified atom stereocenters. The molecule has 0 radical (unpaired) electrons. The van der Waals surface area contributed by atoms with Gasteiger partial charge in [0.1, 0.15) is 18.3 Å². The molecule has 1 N–H and O–H groups in total. The Morgan fingerprint density at radius 2 is 1.64 bits per heavy atom. The lowest BCUT2D eigenvalue weighted by atomic mass is 9.95. The molecule has 2 amide bonds. The molecule has 1 aliphatic carbocycles. The number of anilines is 1. The third-order valence-electron chi connectivity index (χ3n) is 7.60. The number of aryl methyl sites for hydroxylation is 1. The van der Waals surface area contributed by atoms with Gasteiger partial charge in [-0.05, 0) is 75.6 Å². The summed E-state index contributed by atoms with van der Waals surface area (Å²) in [7, 11) is -4.13. The number of ether oxygens (including phenoxy) is 1. The lowest BCUT2D eigenvalue weighted by Gasteiger charge is -2.33. The molecule has 42 heavy (non-hydrogen) atoms. The normalized spacial score (nSPS) is 14.5. The number of hydrogen-bond donors (Lipinski definition) is 1. The largest absolute Gasteiger partial charge is 0.494 e. The van der Waals surface area contributed by atoms with Gasteiger partial charge in [0, 0.05) is 12.6 Å². The summed E-state index contributed by atoms with van der Waals surface area (Å²) in [4.78, 5) is 29.0. The molecule has 4 rings (SSSR count). The summed E-state index contributed by atoms with van der Waals surface area (Å²) in [5, 5.41) is 3.13. The standard InChI is InChI=1S/C33H41N3O5S/c1-4-41-30-18-20-31(21-19-30)42(39,40)36(29-16-9-6-10-17-29)24-32(37)35(23-27-13-11-12-25(2)22-27)26(3)33(38)34-28-14-7-5-8-15-28/h6,9-13,16-22,26,28H,4-5,7-8,14-15,23-24H2,1-3H3,(H,34,38). The third kappa shape index (κ3) is 7.91. The van der Waals surface area contributed by atoms with Crippen molar-refractivity contribution >= 4 is 27.5 Å². The van der Waals surface area contributed by atoms with E-state index in [-0.39, 0.29) is 23.4 Å². The Labute approximate surface area is 249 Å². The minimum absolute atomic E-state index is 0.0379. The first kappa shape index (κ1) is 31.1. The summed E-state index contributed by atoms with van der Waals surface area (Å²) in [6.07, 6.45) is 5.15. The van der Waals surface area contributed by atoms with Crippen molar-refractivity contribution in [2.24, 2.45) is 0 Å². The predicted octanol–water partition coefficient (Wildman–Crippen LogP) is 5.46. The molecule has 0 aromatic heterocycles. The number of carbonyl (C=O) groups is 2. The Morgan fingerprint density at radius 3 is 2.29 bits per heavy atom. The van der Waals surface area contributed by atoms with E-state index in [1.54, 1.807) is 49.4 Å². The van der Waals surface area contributed by atoms with Gasteiger partial charge in [0.15, 0.2) is 0 Å². The van der Waals surface area contributed by atoms with Gasteiger partial charge in [-0.3, -0.25) is 13.9 Å². The van der Waals surface area contributed by atoms with Crippen LogP contribution in [0.3, 0.4) is 0 Å². The van der Waals surface area contributed by atoms with Crippen LogP contribution in [0.1, 0.15) is 57.1 Å². The molecule has 224 valence electrons. The summed E-state index contributed by atoms with van der Waals surface area (Å²) >= 11 is 0. The second-order valence-corrected chi connectivity index (χ2v) is 12.6. The number of benzene rings is 3. The van der Waals surface area contributed by atoms with Crippen LogP contribution < -0.4 is 14.4 Å². The predicted molar refractivity (Wildman–Crippen MR) is 165 cm³/mol. The van der Waals surface area contributed by atoms with Crippen LogP contribution >= 0.6 is 0 Å². The zero-order chi connectivity index (χ0) is 30.1. The number of para-hydroxylation sites is 1. The first-order valence-corrected chi connectivity index (χ1v) is 16.1. The van der Waals surface area contributed by atoms with Gasteiger partial charge in [-0.1, -0.05) is 67.3 Å². The number of rotatable bonds is 12. The van der Waals surface area contributed by atoms with E-state index >= 15 is 0 Å². The topological polar surface area (TPSA) is 96.0 Å². The maximum atomic E-state index is 14.1. The average Bonchev–Trinajstić information content (AvgIpc) is 2.99. The van der Waals surface area contributed by atoms with Gasteiger partial charge in [-0.25, -0.2) is 8.42 Å². The van der Waals surface area contributed by atoms with Gasteiger partial charge < -0.3 is 15.0 Å². The SMILES string of the molecule is CCOc1ccc(S(=O)(=O)N(CC(=O)N(Cc2cccc(C)c2)C(C)C(=O)NC2CCCCC2)c2ccccc2)cc1. The Hall–Kier alpha value is -3.85. The summed E-state index contributed by atoms with van der Waals surface area (Å²) in [6.45, 7) is 5.69. The summed E-state index contributed by atoms with van der Waals surface area (Å²) in [6, 6.07) is 21.8. The second kappa shape index (κ2) is 14.4. The molecule has 3 aromatic carbocycles. The van der Waals surface area contributed by atoms with Gasteiger partial charge >= 0.3 is 0 Å². The van der Waals surface area contributed by atoms with Crippen LogP contribution in [0.25, 0.3) is 0 Å². The van der Waals surface area contributed by atoms with Crippen molar-refractivity contribution in [3.8, 4) is 5.75 Å². The summed E-state index contributed by atoms with van der Waals surface area (Å²) in [5.74, 6) is -0.148. The van der Waals surface area contributed by atoms with E-state index in [9.17, 15) is 18.0 Å². The maximum Gasteiger partial charge on any atom is 0.264 e. The quantitative estimate of drug-likeness (QED) is 0.302. The molecule has 0 spiro atoms. The number of amides is 2. The van der Waals surface area contributed by atoms with E-state index in [1.165, 1.54) is 17.0 Å². The molecule has 1 atom stereocenters. The fourth-order valence-corrected chi connectivity index (χ4v) is 6.70. The average molecular weight is 592 g/mol. The van der Waals surface area contributed by atoms with E-state index < -0.39 is 28.5 Å². The highest BCUT2D eigenvalue weighted by molar-refractivity contribution is 7.92. The molecule has 1 fully saturated rings. The second-order valence-electron chi connectivity index (χ2n) is 10.8. The molecular weight excluding hydrogens is 550 g/mol. The molecule has 1 aliphatic rings. The van der Waals surface area contributed by atoms with Crippen molar-refractivity contribution in [3.63, 3.8) is 0 Å². The highest BCUT2D eigenvalue weighted by Gasteiger charge is 2.33. The first-order valence-electron chi connectivity index (χ1n) is 14.6. The summed E-state index contributed by atoms with van der Waals surface area (Å²) in [5.41, 5.74) is 2.25. The maximum absolute atomic E-state index is 14.1. The fourth-order valence-electron chi connectivity index (χ4n) is 5.28. The molecule has 3 aromatic rings. The first-order chi connectivity index (χ1) is 20.2. The molecule has 1 saturated carbocycles. The van der Waals surface area contributed by atoms with Crippen molar-refractivity contribution in [1.29, 1.82) is 0 Å². The van der Waals surface area contributed by atoms with Gasteiger partial charge in [0.25, 0.3) is 10.0 Å². The lowest BCUT2D eigenvalue weighted by molar-refractivity contribution is -0.139. The van der Waals surface area contributed by atoms with Crippen molar-refractivity contribution in [2.45, 2.75) is 76.4 Å². The fraction of sp³-hybridized carbons (Fsp3) is 0.394. The minimum atomic E-state index is -4.13. The van der Waals surface area contributed by atoms with Crippen molar-refractivity contribution in [3.05, 3.63) is 90.0 Å². The number of carbonyl (C=O) groups excluding carboxylic acids is 2. The van der Waals surface area contributed by atoms with Crippen LogP contribution in [0.2, 0.25) is 0 Å². The summed E-state index contributed by atoms with van der Waals surface area (Å²) < 4.78 is 34.5. The van der Waals surface area contributed by atoms with Crippen LogP contribution in [-0.2, 0) is 26.2 Å². The van der Waals surface area contributed by atoms with E-state index in [0.29, 0.717) is 18.0 Å². The van der Waals surface area contributed by atoms with Gasteiger partial charge in [0.2, 0.25) is 11.8 Å². The minimum Gasteiger partial charge on any atom is -0.494 e. The number of hydrogen-bond acceptors (Lipinski definition) is 5. The van der Waals surface area contributed by atoms with E-state index in [2.05, 4.69) is 5.32 Å². The van der Waals surface area contributed by atoms with Crippen molar-refractivity contribution in [1.82, 2.24) is 10.2 Å². The molecule has 0 saturated heterocycles. The molecular formula is C33H41N3O5S. The van der Waals surface area contributed by atoms with Crippen LogP contribution in [-0.4, -0.2) is 50.4 Å². The molecule has 9 heteroatoms. The molecule has 0 heterocycles. The number of nitrogens with zero attached hydrogens (tertiary/aromatic N) is 2. The smallest absolute Gasteiger partial charge is 0.264 e. The Balaban J connectivity index is 1.65. The Bertz CT molecular complexity index is 1440. The highest BCUT2D eigenvalue weighted by Crippen LogP contribution is 2.26. The zero-order valence-corrected chi connectivity index (χ0v) is 25.5. The third-order valence-corrected chi connectivity index (χ3v) is 9.39. The Kier molecular flexibility index (Phi) is 10.6. The van der Waals surface area contributed by atoms with Gasteiger partial charge in [0.05, 0.1) is 17.2 Å². The van der Waals surface area contributed by atoms with Crippen LogP contribution in [0.5, 0.6) is 5.75 Å². The zero-order valence-electron chi connectivity index (χ0n) is 24.7. The van der Waals surface area contributed by atoms with E-state index in [4.69, 9.17) is 4.74 Å². The number of nitrogens with one attached hydrogen (secondary N) is 1. The van der Waals surface area contributed by atoms with Crippen molar-refractivity contribution < 1.29 is 22.7 Å². The molecule has 0 bridgehead atoms. The van der Waals surface area contributed by atoms with E-state index in [0.717, 1.165) is 47.5 Å². The monoisotopic (exact) mass is 591 g/mol. The Morgan fingerprint density at radius 1 is 0.952 bits per heavy atom. The highest BCUT2D eigenvalue weighted by atomic mass is 32.2. The molecule has 8 nitrogen and oxygen atoms in total. The van der Waals surface area contributed by atoms with Crippen molar-refractivity contribution in [2.75, 3.05) is 17.5 Å². The van der Waals surface area contributed by atoms with Crippen LogP contribution in [0, 0.1) is 6.92 Å².